The summed E-state index contributed by atoms with van der Waals surface area (Å²) in [4.78, 5) is 11.1. The zero-order valence-corrected chi connectivity index (χ0v) is 17.8. The van der Waals surface area contributed by atoms with E-state index in [1.165, 1.54) is 4.52 Å². The average molecular weight is 446 g/mol. The van der Waals surface area contributed by atoms with Crippen LogP contribution in [0.2, 0.25) is 0 Å². The number of benzene rings is 1. The van der Waals surface area contributed by atoms with E-state index >= 15 is 0 Å². The Bertz CT molecular complexity index is 1440. The minimum absolute atomic E-state index is 0.0155. The van der Waals surface area contributed by atoms with Crippen molar-refractivity contribution in [2.45, 2.75) is 0 Å². The van der Waals surface area contributed by atoms with Gasteiger partial charge in [-0.1, -0.05) is 36.4 Å². The van der Waals surface area contributed by atoms with Gasteiger partial charge in [-0.15, -0.1) is 0 Å². The molecule has 160 valence electrons. The minimum atomic E-state index is -3.07. The Morgan fingerprint density at radius 3 is 2.41 bits per heavy atom. The number of nitrogens with zero attached hydrogens (tertiary/aromatic N) is 6. The number of sulfone groups is 1. The van der Waals surface area contributed by atoms with Crippen molar-refractivity contribution in [3.05, 3.63) is 60.4 Å². The van der Waals surface area contributed by atoms with Crippen LogP contribution in [-0.2, 0) is 9.84 Å². The molecular formula is C22H19N7O2S. The molecule has 1 aromatic carbocycles. The second-order valence-corrected chi connectivity index (χ2v) is 9.84. The van der Waals surface area contributed by atoms with Crippen LogP contribution in [-0.4, -0.2) is 52.6 Å². The molecule has 0 aliphatic carbocycles. The van der Waals surface area contributed by atoms with Gasteiger partial charge in [-0.25, -0.2) is 13.4 Å². The normalized spacial score (nSPS) is 15.5. The molecule has 2 N–H and O–H groups in total. The number of nitrogen functional groups attached to an aromatic ring is 1. The highest BCUT2D eigenvalue weighted by atomic mass is 32.2. The highest BCUT2D eigenvalue weighted by molar-refractivity contribution is 7.91. The molecule has 4 heterocycles. The Hall–Kier alpha value is -3.97. The highest BCUT2D eigenvalue weighted by Gasteiger charge is 2.27. The number of hydrogen-bond acceptors (Lipinski definition) is 8. The third-order valence-corrected chi connectivity index (χ3v) is 7.17. The van der Waals surface area contributed by atoms with Crippen molar-refractivity contribution in [2.24, 2.45) is 0 Å². The van der Waals surface area contributed by atoms with E-state index in [1.54, 1.807) is 17.3 Å². The van der Waals surface area contributed by atoms with E-state index in [4.69, 9.17) is 10.7 Å². The lowest BCUT2D eigenvalue weighted by Crippen LogP contribution is -2.41. The van der Waals surface area contributed by atoms with Gasteiger partial charge in [-0.05, 0) is 6.07 Å². The number of hydrogen-bond donors (Lipinski definition) is 1. The third-order valence-electron chi connectivity index (χ3n) is 5.56. The van der Waals surface area contributed by atoms with Crippen LogP contribution < -0.4 is 10.6 Å². The Morgan fingerprint density at radius 1 is 1.00 bits per heavy atom. The van der Waals surface area contributed by atoms with E-state index in [1.807, 2.05) is 42.5 Å². The van der Waals surface area contributed by atoms with Gasteiger partial charge in [0, 0.05) is 36.0 Å². The lowest BCUT2D eigenvalue weighted by atomic mass is 10.1. The Labute approximate surface area is 184 Å². The van der Waals surface area contributed by atoms with E-state index in [0.29, 0.717) is 11.5 Å². The molecule has 0 saturated carbocycles. The maximum atomic E-state index is 11.8. The molecule has 0 amide bonds. The molecule has 1 aliphatic rings. The van der Waals surface area contributed by atoms with Crippen LogP contribution in [0.15, 0.2) is 54.9 Å². The van der Waals surface area contributed by atoms with E-state index in [9.17, 15) is 13.7 Å². The SMILES string of the molecule is N#Cc1c(N2CCS(=O)(=O)CC2)nc2c(-c3ccc(-c4ccccc4)nc3)cnn2c1N. The van der Waals surface area contributed by atoms with E-state index < -0.39 is 9.84 Å². The van der Waals surface area contributed by atoms with Gasteiger partial charge in [-0.3, -0.25) is 4.98 Å². The fourth-order valence-corrected chi connectivity index (χ4v) is 5.00. The lowest BCUT2D eigenvalue weighted by molar-refractivity contribution is 0.586. The van der Waals surface area contributed by atoms with Crippen LogP contribution in [0, 0.1) is 11.3 Å². The summed E-state index contributed by atoms with van der Waals surface area (Å²) in [7, 11) is -3.07. The topological polar surface area (TPSA) is 130 Å². The van der Waals surface area contributed by atoms with Gasteiger partial charge < -0.3 is 10.6 Å². The lowest BCUT2D eigenvalue weighted by Gasteiger charge is -2.28. The van der Waals surface area contributed by atoms with Crippen molar-refractivity contribution in [3.63, 3.8) is 0 Å². The van der Waals surface area contributed by atoms with Crippen LogP contribution >= 0.6 is 0 Å². The third kappa shape index (κ3) is 3.42. The molecule has 32 heavy (non-hydrogen) atoms. The first-order valence-corrected chi connectivity index (χ1v) is 11.8. The van der Waals surface area contributed by atoms with Crippen LogP contribution in [0.4, 0.5) is 11.6 Å². The number of rotatable bonds is 3. The van der Waals surface area contributed by atoms with Crippen LogP contribution in [0.5, 0.6) is 0 Å². The number of nitrogens with two attached hydrogens (primary N) is 1. The maximum absolute atomic E-state index is 11.8. The Morgan fingerprint density at radius 2 is 1.75 bits per heavy atom. The van der Waals surface area contributed by atoms with Crippen molar-refractivity contribution in [2.75, 3.05) is 35.2 Å². The van der Waals surface area contributed by atoms with Crippen molar-refractivity contribution < 1.29 is 8.42 Å². The van der Waals surface area contributed by atoms with Gasteiger partial charge in [0.05, 0.1) is 23.4 Å². The molecular weight excluding hydrogens is 426 g/mol. The fourth-order valence-electron chi connectivity index (χ4n) is 3.80. The van der Waals surface area contributed by atoms with E-state index in [2.05, 4.69) is 16.2 Å². The second-order valence-electron chi connectivity index (χ2n) is 7.54. The molecule has 1 fully saturated rings. The molecule has 10 heteroatoms. The second kappa shape index (κ2) is 7.62. The maximum Gasteiger partial charge on any atom is 0.167 e. The average Bonchev–Trinajstić information content (AvgIpc) is 3.24. The summed E-state index contributed by atoms with van der Waals surface area (Å²) in [5.74, 6) is 0.576. The molecule has 0 atom stereocenters. The number of aromatic nitrogens is 4. The zero-order valence-electron chi connectivity index (χ0n) is 17.0. The number of pyridine rings is 1. The fraction of sp³-hybridized carbons (Fsp3) is 0.182. The quantitative estimate of drug-likeness (QED) is 0.508. The van der Waals surface area contributed by atoms with Crippen LogP contribution in [0.1, 0.15) is 5.56 Å². The summed E-state index contributed by atoms with van der Waals surface area (Å²) in [5, 5.41) is 14.0. The van der Waals surface area contributed by atoms with E-state index in [0.717, 1.165) is 22.4 Å². The number of nitriles is 1. The van der Waals surface area contributed by atoms with Gasteiger partial charge in [-0.2, -0.15) is 14.9 Å². The molecule has 0 radical (unpaired) electrons. The van der Waals surface area contributed by atoms with E-state index in [-0.39, 0.29) is 36.0 Å². The molecule has 3 aromatic heterocycles. The molecule has 0 unspecified atom stereocenters. The summed E-state index contributed by atoms with van der Waals surface area (Å²) in [6.45, 7) is 0.521. The first kappa shape index (κ1) is 20.0. The molecule has 1 saturated heterocycles. The Kier molecular flexibility index (Phi) is 4.75. The van der Waals surface area contributed by atoms with Gasteiger partial charge in [0.1, 0.15) is 17.5 Å². The van der Waals surface area contributed by atoms with Gasteiger partial charge in [0.15, 0.2) is 21.3 Å². The standard InChI is InChI=1S/C22H19N7O2S/c23-12-17-20(24)29-22(27-21(17)28-8-10-32(30,31)11-9-28)18(14-26-29)16-6-7-19(25-13-16)15-4-2-1-3-5-15/h1-7,13-14H,8-11,24H2. The van der Waals surface area contributed by atoms with Gasteiger partial charge >= 0.3 is 0 Å². The van der Waals surface area contributed by atoms with Gasteiger partial charge in [0.25, 0.3) is 0 Å². The molecule has 4 aromatic rings. The molecule has 1 aliphatic heterocycles. The smallest absolute Gasteiger partial charge is 0.167 e. The minimum Gasteiger partial charge on any atom is -0.382 e. The molecule has 0 spiro atoms. The van der Waals surface area contributed by atoms with Crippen molar-refractivity contribution >= 4 is 27.1 Å². The predicted molar refractivity (Wildman–Crippen MR) is 122 cm³/mol. The Balaban J connectivity index is 1.58. The molecule has 0 bridgehead atoms. The zero-order chi connectivity index (χ0) is 22.3. The monoisotopic (exact) mass is 445 g/mol. The number of anilines is 2. The molecule has 9 nitrogen and oxygen atoms in total. The summed E-state index contributed by atoms with van der Waals surface area (Å²) in [6.07, 6.45) is 3.39. The van der Waals surface area contributed by atoms with Crippen molar-refractivity contribution in [1.82, 2.24) is 19.6 Å². The first-order chi connectivity index (χ1) is 15.5. The van der Waals surface area contributed by atoms with Crippen LogP contribution in [0.25, 0.3) is 28.0 Å². The summed E-state index contributed by atoms with van der Waals surface area (Å²) >= 11 is 0. The number of fused-ring (bicyclic) bond motifs is 1. The predicted octanol–water partition coefficient (Wildman–Crippen LogP) is 2.15. The highest BCUT2D eigenvalue weighted by Crippen LogP contribution is 2.31. The molecule has 5 rings (SSSR count). The van der Waals surface area contributed by atoms with Crippen molar-refractivity contribution in [1.29, 1.82) is 5.26 Å². The summed E-state index contributed by atoms with van der Waals surface area (Å²) in [6, 6.07) is 15.8. The van der Waals surface area contributed by atoms with Crippen LogP contribution in [0.3, 0.4) is 0 Å². The van der Waals surface area contributed by atoms with Crippen molar-refractivity contribution in [3.8, 4) is 28.5 Å². The first-order valence-electron chi connectivity index (χ1n) is 10.0. The largest absolute Gasteiger partial charge is 0.382 e. The summed E-state index contributed by atoms with van der Waals surface area (Å²) < 4.78 is 25.1. The van der Waals surface area contributed by atoms with Gasteiger partial charge in [0.2, 0.25) is 0 Å². The summed E-state index contributed by atoms with van der Waals surface area (Å²) in [5.41, 5.74) is 10.3.